The van der Waals surface area contributed by atoms with Crippen LogP contribution in [0.3, 0.4) is 0 Å². The number of rotatable bonds is 7. The fourth-order valence-corrected chi connectivity index (χ4v) is 3.81. The van der Waals surface area contributed by atoms with Crippen LogP contribution in [0.15, 0.2) is 57.1 Å². The summed E-state index contributed by atoms with van der Waals surface area (Å²) in [6, 6.07) is 12.6. The molecule has 2 heterocycles. The summed E-state index contributed by atoms with van der Waals surface area (Å²) < 4.78 is 17.3. The molecule has 1 amide bonds. The lowest BCUT2D eigenvalue weighted by Gasteiger charge is -2.08. The van der Waals surface area contributed by atoms with E-state index in [1.165, 1.54) is 15.9 Å². The highest BCUT2D eigenvalue weighted by Crippen LogP contribution is 2.34. The van der Waals surface area contributed by atoms with Gasteiger partial charge in [0.05, 0.1) is 25.4 Å². The van der Waals surface area contributed by atoms with Crippen molar-refractivity contribution in [3.8, 4) is 22.8 Å². The van der Waals surface area contributed by atoms with Crippen molar-refractivity contribution in [1.29, 1.82) is 0 Å². The van der Waals surface area contributed by atoms with Crippen LogP contribution in [0.1, 0.15) is 6.42 Å². The van der Waals surface area contributed by atoms with Gasteiger partial charge in [0.15, 0.2) is 10.7 Å². The first-order valence-corrected chi connectivity index (χ1v) is 10.0. The largest absolute Gasteiger partial charge is 0.497 e. The first kappa shape index (κ1) is 19.7. The summed E-state index contributed by atoms with van der Waals surface area (Å²) in [7, 11) is 3.17. The van der Waals surface area contributed by atoms with Gasteiger partial charge in [0, 0.05) is 30.0 Å². The number of benzene rings is 2. The van der Waals surface area contributed by atoms with Crippen molar-refractivity contribution in [2.75, 3.05) is 19.5 Å². The molecule has 0 saturated heterocycles. The van der Waals surface area contributed by atoms with Gasteiger partial charge >= 0.3 is 5.76 Å². The van der Waals surface area contributed by atoms with E-state index in [0.717, 1.165) is 5.56 Å². The number of nitrogens with zero attached hydrogens (tertiary/aromatic N) is 2. The van der Waals surface area contributed by atoms with Crippen LogP contribution < -0.4 is 20.5 Å². The quantitative estimate of drug-likeness (QED) is 0.484. The molecule has 0 aliphatic carbocycles. The van der Waals surface area contributed by atoms with Gasteiger partial charge in [-0.05, 0) is 24.3 Å². The van der Waals surface area contributed by atoms with Crippen LogP contribution in [-0.2, 0) is 11.3 Å². The molecule has 9 heteroatoms. The van der Waals surface area contributed by atoms with E-state index in [2.05, 4.69) is 10.3 Å². The molecule has 0 bridgehead atoms. The van der Waals surface area contributed by atoms with Crippen LogP contribution in [0.4, 0.5) is 5.13 Å². The molecule has 0 radical (unpaired) electrons. The lowest BCUT2D eigenvalue weighted by atomic mass is 10.1. The number of nitrogens with one attached hydrogen (secondary N) is 1. The molecule has 30 heavy (non-hydrogen) atoms. The molecule has 4 aromatic rings. The van der Waals surface area contributed by atoms with E-state index < -0.39 is 5.76 Å². The second kappa shape index (κ2) is 8.42. The van der Waals surface area contributed by atoms with E-state index in [4.69, 9.17) is 13.9 Å². The summed E-state index contributed by atoms with van der Waals surface area (Å²) in [5.41, 5.74) is 2.65. The molecule has 0 aliphatic rings. The van der Waals surface area contributed by atoms with Crippen LogP contribution >= 0.6 is 11.3 Å². The van der Waals surface area contributed by atoms with Crippen molar-refractivity contribution in [1.82, 2.24) is 9.55 Å². The minimum absolute atomic E-state index is 0.115. The second-order valence-corrected chi connectivity index (χ2v) is 7.25. The van der Waals surface area contributed by atoms with Gasteiger partial charge in [0.2, 0.25) is 5.91 Å². The monoisotopic (exact) mass is 425 g/mol. The molecule has 154 valence electrons. The van der Waals surface area contributed by atoms with E-state index in [1.54, 1.807) is 38.5 Å². The van der Waals surface area contributed by atoms with Gasteiger partial charge in [-0.2, -0.15) is 0 Å². The van der Waals surface area contributed by atoms with Gasteiger partial charge in [-0.25, -0.2) is 9.78 Å². The third-order valence-electron chi connectivity index (χ3n) is 4.57. The van der Waals surface area contributed by atoms with Crippen molar-refractivity contribution in [3.05, 3.63) is 58.4 Å². The second-order valence-electron chi connectivity index (χ2n) is 6.39. The number of fused-ring (bicyclic) bond motifs is 1. The van der Waals surface area contributed by atoms with Crippen LogP contribution in [0, 0.1) is 0 Å². The zero-order chi connectivity index (χ0) is 21.1. The number of hydrogen-bond donors (Lipinski definition) is 1. The molecular formula is C21H19N3O5S. The number of thiazole rings is 1. The van der Waals surface area contributed by atoms with Crippen LogP contribution in [0.2, 0.25) is 0 Å². The maximum atomic E-state index is 12.4. The first-order chi connectivity index (χ1) is 14.6. The molecule has 2 aromatic heterocycles. The number of carbonyl (C=O) groups excluding carboxylic acids is 1. The Bertz CT molecular complexity index is 1260. The zero-order valence-corrected chi connectivity index (χ0v) is 17.2. The number of carbonyl (C=O) groups is 1. The lowest BCUT2D eigenvalue weighted by molar-refractivity contribution is -0.116. The van der Waals surface area contributed by atoms with Gasteiger partial charge in [0.1, 0.15) is 11.5 Å². The number of anilines is 1. The van der Waals surface area contributed by atoms with Crippen molar-refractivity contribution >= 4 is 33.5 Å². The third kappa shape index (κ3) is 3.92. The standard InChI is InChI=1S/C21H19N3O5S/c1-27-13-7-8-14(18(11-13)28-2)15-12-30-20(22-15)23-19(25)9-10-24-16-5-3-4-6-17(16)29-21(24)26/h3-8,11-12H,9-10H2,1-2H3,(H,22,23,25). The Morgan fingerprint density at radius 3 is 2.83 bits per heavy atom. The van der Waals surface area contributed by atoms with E-state index in [1.807, 2.05) is 23.6 Å². The Kier molecular flexibility index (Phi) is 5.53. The van der Waals surface area contributed by atoms with E-state index in [9.17, 15) is 9.59 Å². The third-order valence-corrected chi connectivity index (χ3v) is 5.33. The molecule has 1 N–H and O–H groups in total. The van der Waals surface area contributed by atoms with Gasteiger partial charge in [-0.15, -0.1) is 11.3 Å². The molecule has 0 aliphatic heterocycles. The van der Waals surface area contributed by atoms with Crippen LogP contribution in [-0.4, -0.2) is 29.7 Å². The highest BCUT2D eigenvalue weighted by Gasteiger charge is 2.14. The number of para-hydroxylation sites is 2. The smallest absolute Gasteiger partial charge is 0.419 e. The summed E-state index contributed by atoms with van der Waals surface area (Å²) in [4.78, 5) is 28.9. The van der Waals surface area contributed by atoms with Gasteiger partial charge in [-0.3, -0.25) is 9.36 Å². The molecule has 0 saturated carbocycles. The van der Waals surface area contributed by atoms with Crippen molar-refractivity contribution in [2.45, 2.75) is 13.0 Å². The Morgan fingerprint density at radius 1 is 1.20 bits per heavy atom. The highest BCUT2D eigenvalue weighted by atomic mass is 32.1. The van der Waals surface area contributed by atoms with Crippen LogP contribution in [0.5, 0.6) is 11.5 Å². The summed E-state index contributed by atoms with van der Waals surface area (Å²) in [6.45, 7) is 0.214. The van der Waals surface area contributed by atoms with Gasteiger partial charge in [-0.1, -0.05) is 12.1 Å². The zero-order valence-electron chi connectivity index (χ0n) is 16.4. The van der Waals surface area contributed by atoms with E-state index >= 15 is 0 Å². The number of oxazole rings is 1. The predicted octanol–water partition coefficient (Wildman–Crippen LogP) is 3.76. The van der Waals surface area contributed by atoms with Crippen LogP contribution in [0.25, 0.3) is 22.4 Å². The topological polar surface area (TPSA) is 95.6 Å². The molecule has 4 rings (SSSR count). The number of methoxy groups -OCH3 is 2. The Morgan fingerprint density at radius 2 is 2.03 bits per heavy atom. The van der Waals surface area contributed by atoms with Gasteiger partial charge in [0.25, 0.3) is 0 Å². The number of ether oxygens (including phenoxy) is 2. The molecular weight excluding hydrogens is 406 g/mol. The summed E-state index contributed by atoms with van der Waals surface area (Å²) in [5.74, 6) is 0.590. The molecule has 0 fully saturated rings. The number of aromatic nitrogens is 2. The van der Waals surface area contributed by atoms with Gasteiger partial charge < -0.3 is 19.2 Å². The predicted molar refractivity (Wildman–Crippen MR) is 114 cm³/mol. The molecule has 2 aromatic carbocycles. The number of hydrogen-bond acceptors (Lipinski definition) is 7. The summed E-state index contributed by atoms with van der Waals surface area (Å²) in [6.07, 6.45) is 0.115. The molecule has 8 nitrogen and oxygen atoms in total. The summed E-state index contributed by atoms with van der Waals surface area (Å²) >= 11 is 1.31. The maximum Gasteiger partial charge on any atom is 0.419 e. The number of aryl methyl sites for hydroxylation is 1. The molecule has 0 atom stereocenters. The van der Waals surface area contributed by atoms with Crippen molar-refractivity contribution < 1.29 is 18.7 Å². The average molecular weight is 425 g/mol. The highest BCUT2D eigenvalue weighted by molar-refractivity contribution is 7.14. The SMILES string of the molecule is COc1ccc(-c2csc(NC(=O)CCn3c(=O)oc4ccccc43)n2)c(OC)c1. The molecule has 0 spiro atoms. The fraction of sp³-hybridized carbons (Fsp3) is 0.190. The Balaban J connectivity index is 1.44. The minimum Gasteiger partial charge on any atom is -0.497 e. The normalized spacial score (nSPS) is 10.9. The van der Waals surface area contributed by atoms with E-state index in [-0.39, 0.29) is 18.9 Å². The first-order valence-electron chi connectivity index (χ1n) is 9.15. The van der Waals surface area contributed by atoms with Crippen molar-refractivity contribution in [2.24, 2.45) is 0 Å². The van der Waals surface area contributed by atoms with Crippen molar-refractivity contribution in [3.63, 3.8) is 0 Å². The summed E-state index contributed by atoms with van der Waals surface area (Å²) in [5, 5.41) is 5.09. The maximum absolute atomic E-state index is 12.4. The Hall–Kier alpha value is -3.59. The molecule has 0 unspecified atom stereocenters. The Labute approximate surface area is 175 Å². The fourth-order valence-electron chi connectivity index (χ4n) is 3.09. The lowest BCUT2D eigenvalue weighted by Crippen LogP contribution is -2.19. The number of amides is 1. The average Bonchev–Trinajstić information content (AvgIpc) is 3.35. The minimum atomic E-state index is -0.480. The van der Waals surface area contributed by atoms with E-state index in [0.29, 0.717) is 33.4 Å².